The highest BCUT2D eigenvalue weighted by Gasteiger charge is 2.44. The molecule has 3 amide bonds. The second kappa shape index (κ2) is 11.8. The van der Waals surface area contributed by atoms with Gasteiger partial charge in [-0.2, -0.15) is 0 Å². The zero-order valence-corrected chi connectivity index (χ0v) is 22.3. The van der Waals surface area contributed by atoms with E-state index in [1.165, 1.54) is 4.90 Å². The molecule has 0 saturated carbocycles. The number of nitrogens with one attached hydrogen (secondary N) is 2. The highest BCUT2D eigenvalue weighted by atomic mass is 32.1. The lowest BCUT2D eigenvalue weighted by Crippen LogP contribution is -2.57. The molecule has 1 aromatic heterocycles. The van der Waals surface area contributed by atoms with Crippen LogP contribution in [0.3, 0.4) is 0 Å². The molecule has 3 atom stereocenters. The fourth-order valence-corrected chi connectivity index (χ4v) is 5.05. The Morgan fingerprint density at radius 2 is 1.84 bits per heavy atom. The van der Waals surface area contributed by atoms with Gasteiger partial charge in [0.05, 0.1) is 28.6 Å². The fraction of sp³-hybridized carbons (Fsp3) is 0.500. The monoisotopic (exact) mass is 530 g/mol. The predicted molar refractivity (Wildman–Crippen MR) is 139 cm³/mol. The number of nitrogens with zero attached hydrogens (tertiary/aromatic N) is 2. The van der Waals surface area contributed by atoms with Gasteiger partial charge in [-0.05, 0) is 23.5 Å². The number of aromatic nitrogens is 1. The van der Waals surface area contributed by atoms with Crippen molar-refractivity contribution in [1.29, 1.82) is 0 Å². The minimum atomic E-state index is -1.11. The molecule has 1 aliphatic heterocycles. The number of benzene rings is 1. The summed E-state index contributed by atoms with van der Waals surface area (Å²) in [5.41, 5.74) is 3.98. The molecule has 2 heterocycles. The van der Waals surface area contributed by atoms with Crippen molar-refractivity contribution in [2.75, 3.05) is 6.54 Å². The molecule has 0 aliphatic carbocycles. The first-order valence-corrected chi connectivity index (χ1v) is 13.0. The third kappa shape index (κ3) is 7.36. The second-order valence-corrected chi connectivity index (χ2v) is 11.2. The van der Waals surface area contributed by atoms with E-state index in [0.717, 1.165) is 21.7 Å². The first-order valence-electron chi connectivity index (χ1n) is 12.1. The maximum atomic E-state index is 13.5. The minimum absolute atomic E-state index is 0.0304. The van der Waals surface area contributed by atoms with E-state index in [1.54, 1.807) is 37.6 Å². The zero-order chi connectivity index (χ0) is 27.3. The fourth-order valence-electron chi connectivity index (χ4n) is 4.23. The number of hydrogen-bond acceptors (Lipinski definition) is 7. The summed E-state index contributed by atoms with van der Waals surface area (Å²) in [6.45, 7) is 7.49. The van der Waals surface area contributed by atoms with Crippen molar-refractivity contribution >= 4 is 35.0 Å². The van der Waals surface area contributed by atoms with Crippen LogP contribution in [0.5, 0.6) is 0 Å². The van der Waals surface area contributed by atoms with Crippen LogP contribution in [0.25, 0.3) is 10.4 Å². The molecule has 1 saturated heterocycles. The van der Waals surface area contributed by atoms with Gasteiger partial charge in [-0.1, -0.05) is 45.0 Å². The molecule has 3 unspecified atom stereocenters. The molecule has 11 heteroatoms. The lowest BCUT2D eigenvalue weighted by atomic mass is 9.85. The molecule has 1 aromatic carbocycles. The largest absolute Gasteiger partial charge is 0.481 e. The number of thiazole rings is 1. The number of hydrogen-bond donors (Lipinski definition) is 4. The van der Waals surface area contributed by atoms with Crippen molar-refractivity contribution in [3.05, 3.63) is 41.0 Å². The van der Waals surface area contributed by atoms with Gasteiger partial charge in [0.25, 0.3) is 0 Å². The topological polar surface area (TPSA) is 149 Å². The van der Waals surface area contributed by atoms with Gasteiger partial charge in [0, 0.05) is 25.9 Å². The number of aryl methyl sites for hydroxylation is 1. The lowest BCUT2D eigenvalue weighted by Gasteiger charge is -2.35. The van der Waals surface area contributed by atoms with Crippen LogP contribution in [0, 0.1) is 12.3 Å². The summed E-state index contributed by atoms with van der Waals surface area (Å²) in [4.78, 5) is 56.3. The number of rotatable bonds is 9. The maximum absolute atomic E-state index is 13.5. The van der Waals surface area contributed by atoms with E-state index in [2.05, 4.69) is 15.6 Å². The van der Waals surface area contributed by atoms with Gasteiger partial charge in [0.1, 0.15) is 12.1 Å². The number of carbonyl (C=O) groups excluding carboxylic acids is 3. The summed E-state index contributed by atoms with van der Waals surface area (Å²) >= 11 is 1.56. The maximum Gasteiger partial charge on any atom is 0.303 e. The van der Waals surface area contributed by atoms with Gasteiger partial charge in [0.2, 0.25) is 17.7 Å². The van der Waals surface area contributed by atoms with Gasteiger partial charge in [-0.3, -0.25) is 19.2 Å². The van der Waals surface area contributed by atoms with E-state index in [4.69, 9.17) is 5.11 Å². The number of carboxylic acid groups (broad SMARTS) is 1. The molecule has 0 spiro atoms. The third-order valence-corrected chi connectivity index (χ3v) is 7.25. The van der Waals surface area contributed by atoms with Crippen molar-refractivity contribution in [2.45, 2.75) is 71.7 Å². The second-order valence-electron chi connectivity index (χ2n) is 10.3. The average Bonchev–Trinajstić information content (AvgIpc) is 3.44. The third-order valence-electron chi connectivity index (χ3n) is 6.28. The summed E-state index contributed by atoms with van der Waals surface area (Å²) in [6, 6.07) is 5.91. The summed E-state index contributed by atoms with van der Waals surface area (Å²) < 4.78 is 0. The Labute approximate surface area is 220 Å². The standard InChI is InChI=1S/C26H34N4O6S/c1-15-22(37-14-28-15)17-7-5-16(6-8-17)12-27-24(35)19-11-18(31)13-30(19)25(36)23(26(2,3)4)29-20(32)9-10-21(33)34/h5-8,14,18-19,23,31H,9-13H2,1-4H3,(H,27,35)(H,29,32)(H,33,34). The average molecular weight is 531 g/mol. The van der Waals surface area contributed by atoms with Crippen molar-refractivity contribution in [1.82, 2.24) is 20.5 Å². The summed E-state index contributed by atoms with van der Waals surface area (Å²) in [6.07, 6.45) is -1.39. The summed E-state index contributed by atoms with van der Waals surface area (Å²) in [5.74, 6) is -2.55. The molecule has 0 radical (unpaired) electrons. The number of aliphatic hydroxyl groups excluding tert-OH is 1. The molecular formula is C26H34N4O6S. The number of aliphatic carboxylic acids is 1. The van der Waals surface area contributed by atoms with Crippen molar-refractivity contribution in [3.63, 3.8) is 0 Å². The van der Waals surface area contributed by atoms with Crippen LogP contribution in [0.2, 0.25) is 0 Å². The van der Waals surface area contributed by atoms with Gasteiger partial charge in [-0.25, -0.2) is 4.98 Å². The van der Waals surface area contributed by atoms with Crippen LogP contribution < -0.4 is 10.6 Å². The van der Waals surface area contributed by atoms with Crippen LogP contribution in [0.4, 0.5) is 0 Å². The lowest BCUT2D eigenvalue weighted by molar-refractivity contribution is -0.144. The highest BCUT2D eigenvalue weighted by Crippen LogP contribution is 2.28. The van der Waals surface area contributed by atoms with E-state index in [0.29, 0.717) is 0 Å². The molecule has 37 heavy (non-hydrogen) atoms. The Bertz CT molecular complexity index is 1140. The number of aliphatic hydroxyl groups is 1. The Morgan fingerprint density at radius 3 is 2.41 bits per heavy atom. The van der Waals surface area contributed by atoms with Crippen LogP contribution >= 0.6 is 11.3 Å². The van der Waals surface area contributed by atoms with Crippen molar-refractivity contribution in [2.24, 2.45) is 5.41 Å². The first kappa shape index (κ1) is 28.3. The van der Waals surface area contributed by atoms with Gasteiger partial charge in [0.15, 0.2) is 0 Å². The molecule has 10 nitrogen and oxygen atoms in total. The molecule has 2 aromatic rings. The number of carboxylic acids is 1. The molecule has 200 valence electrons. The highest BCUT2D eigenvalue weighted by molar-refractivity contribution is 7.13. The predicted octanol–water partition coefficient (Wildman–Crippen LogP) is 2.09. The van der Waals surface area contributed by atoms with Crippen LogP contribution in [0.15, 0.2) is 29.8 Å². The number of carbonyl (C=O) groups is 4. The summed E-state index contributed by atoms with van der Waals surface area (Å²) in [5, 5.41) is 24.6. The van der Waals surface area contributed by atoms with Crippen molar-refractivity contribution < 1.29 is 29.4 Å². The smallest absolute Gasteiger partial charge is 0.303 e. The van der Waals surface area contributed by atoms with E-state index < -0.39 is 47.3 Å². The number of amides is 3. The van der Waals surface area contributed by atoms with E-state index >= 15 is 0 Å². The van der Waals surface area contributed by atoms with E-state index in [-0.39, 0.29) is 32.4 Å². The first-order chi connectivity index (χ1) is 17.4. The van der Waals surface area contributed by atoms with Crippen LogP contribution in [0.1, 0.15) is 51.3 Å². The Kier molecular flexibility index (Phi) is 9.03. The molecule has 1 fully saturated rings. The minimum Gasteiger partial charge on any atom is -0.481 e. The molecule has 1 aliphatic rings. The van der Waals surface area contributed by atoms with Gasteiger partial charge < -0.3 is 25.7 Å². The Morgan fingerprint density at radius 1 is 1.16 bits per heavy atom. The SMILES string of the molecule is Cc1ncsc1-c1ccc(CNC(=O)C2CC(O)CN2C(=O)C(NC(=O)CCC(=O)O)C(C)(C)C)cc1. The molecular weight excluding hydrogens is 496 g/mol. The number of likely N-dealkylation sites (tertiary alicyclic amines) is 1. The zero-order valence-electron chi connectivity index (χ0n) is 21.5. The van der Waals surface area contributed by atoms with Crippen LogP contribution in [-0.2, 0) is 25.7 Å². The van der Waals surface area contributed by atoms with E-state index in [9.17, 15) is 24.3 Å². The molecule has 3 rings (SSSR count). The van der Waals surface area contributed by atoms with Crippen LogP contribution in [-0.4, -0.2) is 68.5 Å². The normalized spacial score (nSPS) is 18.4. The van der Waals surface area contributed by atoms with Crippen molar-refractivity contribution in [3.8, 4) is 10.4 Å². The Hall–Kier alpha value is -3.31. The quantitative estimate of drug-likeness (QED) is 0.388. The Balaban J connectivity index is 1.66. The van der Waals surface area contributed by atoms with Gasteiger partial charge in [-0.15, -0.1) is 11.3 Å². The van der Waals surface area contributed by atoms with E-state index in [1.807, 2.05) is 31.2 Å². The number of β-amino-alcohol motifs (C(OH)–C–C–N with tert-alkyl or cyclic N) is 1. The van der Waals surface area contributed by atoms with Gasteiger partial charge >= 0.3 is 5.97 Å². The summed E-state index contributed by atoms with van der Waals surface area (Å²) in [7, 11) is 0. The molecule has 4 N–H and O–H groups in total. The molecule has 0 bridgehead atoms.